The quantitative estimate of drug-likeness (QED) is 0.206. The Hall–Kier alpha value is -3.44. The molecule has 14 nitrogen and oxygen atoms in total. The lowest BCUT2D eigenvalue weighted by molar-refractivity contribution is -0.141. The lowest BCUT2D eigenvalue weighted by atomic mass is 9.62. The first-order chi connectivity index (χ1) is 25.9. The smallest absolute Gasteiger partial charge is 0.410 e. The SMILES string of the molecule is CCC[C@H](NC(=O)[C@@H]1C[C@@H](OC(=O)N2Cc3cccc(F)c3C2)CN1C(=O)[C@@H](NC(=O)N[C@H](CN(C)S(=O)(=O)C1CC1)C(C)(C)C)C1CCCCC1)B(C)O. The fourth-order valence-electron chi connectivity index (χ4n) is 8.01. The van der Waals surface area contributed by atoms with Gasteiger partial charge in [-0.25, -0.2) is 26.7 Å². The third-order valence-corrected chi connectivity index (χ3v) is 14.0. The minimum Gasteiger partial charge on any atom is -0.449 e. The summed E-state index contributed by atoms with van der Waals surface area (Å²) in [5, 5.41) is 18.8. The largest absolute Gasteiger partial charge is 0.449 e. The van der Waals surface area contributed by atoms with Gasteiger partial charge in [0.25, 0.3) is 0 Å². The number of nitrogens with one attached hydrogen (secondary N) is 3. The predicted octanol–water partition coefficient (Wildman–Crippen LogP) is 3.77. The molecule has 17 heteroatoms. The Morgan fingerprint density at radius 3 is 2.35 bits per heavy atom. The van der Waals surface area contributed by atoms with Gasteiger partial charge in [0.15, 0.2) is 0 Å². The Morgan fingerprint density at radius 1 is 1.05 bits per heavy atom. The van der Waals surface area contributed by atoms with Crippen LogP contribution in [0.25, 0.3) is 0 Å². The van der Waals surface area contributed by atoms with Crippen molar-refractivity contribution in [2.24, 2.45) is 11.3 Å². The van der Waals surface area contributed by atoms with Crippen molar-refractivity contribution in [3.05, 3.63) is 35.1 Å². The van der Waals surface area contributed by atoms with Gasteiger partial charge in [0.1, 0.15) is 24.0 Å². The van der Waals surface area contributed by atoms with Crippen molar-refractivity contribution in [2.75, 3.05) is 20.1 Å². The topological polar surface area (TPSA) is 178 Å². The zero-order chi connectivity index (χ0) is 40.2. The molecule has 0 aromatic heterocycles. The summed E-state index contributed by atoms with van der Waals surface area (Å²) in [7, 11) is -1.98. The van der Waals surface area contributed by atoms with Gasteiger partial charge < -0.3 is 30.6 Å². The van der Waals surface area contributed by atoms with Gasteiger partial charge in [-0.3, -0.25) is 14.5 Å². The lowest BCUT2D eigenvalue weighted by Gasteiger charge is -2.37. The zero-order valence-electron chi connectivity index (χ0n) is 33.2. The van der Waals surface area contributed by atoms with Crippen molar-refractivity contribution < 1.29 is 41.7 Å². The van der Waals surface area contributed by atoms with Gasteiger partial charge in [0.2, 0.25) is 21.8 Å². The summed E-state index contributed by atoms with van der Waals surface area (Å²) < 4.78 is 47.6. The van der Waals surface area contributed by atoms with E-state index in [4.69, 9.17) is 4.74 Å². The second kappa shape index (κ2) is 17.8. The van der Waals surface area contributed by atoms with E-state index in [0.717, 1.165) is 19.3 Å². The van der Waals surface area contributed by atoms with Crippen LogP contribution in [-0.2, 0) is 37.4 Å². The maximum absolute atomic E-state index is 14.8. The molecule has 5 amide bonds. The van der Waals surface area contributed by atoms with Crippen LogP contribution >= 0.6 is 0 Å². The van der Waals surface area contributed by atoms with Crippen molar-refractivity contribution >= 4 is 40.9 Å². The normalized spacial score (nSPS) is 22.1. The Morgan fingerprint density at radius 2 is 1.75 bits per heavy atom. The van der Waals surface area contributed by atoms with Crippen LogP contribution in [0.15, 0.2) is 18.2 Å². The average molecular weight is 791 g/mol. The van der Waals surface area contributed by atoms with Crippen LogP contribution in [0.3, 0.4) is 0 Å². The Balaban J connectivity index is 1.36. The van der Waals surface area contributed by atoms with E-state index in [1.807, 2.05) is 27.7 Å². The second-order valence-electron chi connectivity index (χ2n) is 17.1. The molecule has 1 aromatic carbocycles. The van der Waals surface area contributed by atoms with Crippen LogP contribution in [0.4, 0.5) is 14.0 Å². The zero-order valence-corrected chi connectivity index (χ0v) is 34.0. The summed E-state index contributed by atoms with van der Waals surface area (Å²) in [5.74, 6) is -2.19. The van der Waals surface area contributed by atoms with E-state index in [0.29, 0.717) is 49.7 Å². The first kappa shape index (κ1) is 42.7. The number of ether oxygens (including phenoxy) is 1. The molecule has 0 bridgehead atoms. The maximum atomic E-state index is 14.8. The molecule has 306 valence electrons. The monoisotopic (exact) mass is 790 g/mol. The van der Waals surface area contributed by atoms with Crippen molar-refractivity contribution in [1.29, 1.82) is 0 Å². The number of urea groups is 1. The summed E-state index contributed by atoms with van der Waals surface area (Å²) in [5.41, 5.74) is 0.567. The summed E-state index contributed by atoms with van der Waals surface area (Å²) in [6, 6.07) is 1.39. The second-order valence-corrected chi connectivity index (χ2v) is 19.4. The number of fused-ring (bicyclic) bond motifs is 1. The Bertz CT molecular complexity index is 1670. The molecule has 2 aliphatic carbocycles. The Labute approximate surface area is 325 Å². The van der Waals surface area contributed by atoms with Gasteiger partial charge in [-0.1, -0.05) is 72.3 Å². The number of halogens is 1. The molecule has 0 radical (unpaired) electrons. The molecule has 5 atom stereocenters. The highest BCUT2D eigenvalue weighted by molar-refractivity contribution is 7.90. The molecule has 3 fully saturated rings. The molecule has 2 aliphatic heterocycles. The minimum absolute atomic E-state index is 0.00536. The molecule has 4 N–H and O–H groups in total. The average Bonchev–Trinajstić information content (AvgIpc) is 3.77. The maximum Gasteiger partial charge on any atom is 0.410 e. The standard InChI is InChI=1S/C38H60BFN6O8S/c1-7-12-32(39(5)51)42-34(47)30-19-26(54-37(50)45-20-25-15-11-16-29(40)28(25)22-45)21-46(30)35(48)33(24-13-9-8-10-14-24)43-36(49)41-31(38(2,3)4)23-44(6)55(52,53)27-17-18-27/h11,15-16,24,26-27,30-33,51H,7-10,12-14,17-23H2,1-6H3,(H,42,47)(H2,41,43,49)/t26-,30+,31-,32+,33+/m1/s1. The lowest BCUT2D eigenvalue weighted by Crippen LogP contribution is -2.61. The van der Waals surface area contributed by atoms with Crippen molar-refractivity contribution in [1.82, 2.24) is 30.1 Å². The number of rotatable bonds is 14. The number of likely N-dealkylation sites (N-methyl/N-ethyl adjacent to an activating group) is 1. The van der Waals surface area contributed by atoms with Gasteiger partial charge in [-0.05, 0) is 55.1 Å². The van der Waals surface area contributed by atoms with E-state index in [9.17, 15) is 37.0 Å². The van der Waals surface area contributed by atoms with Crippen LogP contribution < -0.4 is 16.0 Å². The third-order valence-electron chi connectivity index (χ3n) is 11.7. The molecule has 0 spiro atoms. The number of carbonyl (C=O) groups excluding carboxylic acids is 4. The molecule has 4 aliphatic rings. The van der Waals surface area contributed by atoms with Gasteiger partial charge in [0, 0.05) is 44.1 Å². The van der Waals surface area contributed by atoms with Crippen molar-refractivity contribution in [2.45, 2.75) is 147 Å². The summed E-state index contributed by atoms with van der Waals surface area (Å²) >= 11 is 0. The van der Waals surface area contributed by atoms with Crippen LogP contribution in [0.2, 0.25) is 6.82 Å². The van der Waals surface area contributed by atoms with E-state index in [-0.39, 0.29) is 38.5 Å². The molecular formula is C38H60BFN6O8S. The van der Waals surface area contributed by atoms with Crippen LogP contribution in [-0.4, -0.2) is 114 Å². The minimum atomic E-state index is -3.50. The fourth-order valence-corrected chi connectivity index (χ4v) is 9.61. The van der Waals surface area contributed by atoms with Gasteiger partial charge in [0.05, 0.1) is 18.3 Å². The number of nitrogens with zero attached hydrogens (tertiary/aromatic N) is 3. The molecule has 2 heterocycles. The van der Waals surface area contributed by atoms with Crippen LogP contribution in [0.1, 0.15) is 103 Å². The number of amides is 5. The highest BCUT2D eigenvalue weighted by atomic mass is 32.2. The first-order valence-electron chi connectivity index (χ1n) is 19.9. The number of hydrogen-bond donors (Lipinski definition) is 4. The summed E-state index contributed by atoms with van der Waals surface area (Å²) in [6.07, 6.45) is 4.95. The summed E-state index contributed by atoms with van der Waals surface area (Å²) in [4.78, 5) is 58.8. The molecular weight excluding hydrogens is 730 g/mol. The Kier molecular flexibility index (Phi) is 13.8. The molecule has 5 rings (SSSR count). The van der Waals surface area contributed by atoms with Crippen molar-refractivity contribution in [3.8, 4) is 0 Å². The van der Waals surface area contributed by atoms with E-state index in [1.54, 1.807) is 19.0 Å². The highest BCUT2D eigenvalue weighted by Gasteiger charge is 2.47. The number of likely N-dealkylation sites (tertiary alicyclic amines) is 1. The number of benzene rings is 1. The number of carbonyl (C=O) groups is 4. The van der Waals surface area contributed by atoms with E-state index < -0.39 is 87.5 Å². The molecule has 2 saturated carbocycles. The van der Waals surface area contributed by atoms with E-state index in [2.05, 4.69) is 16.0 Å². The molecule has 1 saturated heterocycles. The van der Waals surface area contributed by atoms with Crippen LogP contribution in [0, 0.1) is 17.2 Å². The van der Waals surface area contributed by atoms with E-state index >= 15 is 0 Å². The molecule has 55 heavy (non-hydrogen) atoms. The summed E-state index contributed by atoms with van der Waals surface area (Å²) in [6.45, 7) is 8.54. The van der Waals surface area contributed by atoms with Crippen molar-refractivity contribution in [3.63, 3.8) is 0 Å². The van der Waals surface area contributed by atoms with Gasteiger partial charge in [-0.15, -0.1) is 0 Å². The van der Waals surface area contributed by atoms with Gasteiger partial charge >= 0.3 is 19.0 Å². The fraction of sp³-hybridized carbons (Fsp3) is 0.737. The van der Waals surface area contributed by atoms with E-state index in [1.165, 1.54) is 27.2 Å². The molecule has 0 unspecified atom stereocenters. The molecule has 1 aromatic rings. The predicted molar refractivity (Wildman–Crippen MR) is 207 cm³/mol. The van der Waals surface area contributed by atoms with Crippen LogP contribution in [0.5, 0.6) is 0 Å². The number of sulfonamides is 1. The number of hydrogen-bond acceptors (Lipinski definition) is 8. The third kappa shape index (κ3) is 10.5. The highest BCUT2D eigenvalue weighted by Crippen LogP contribution is 2.33. The first-order valence-corrected chi connectivity index (χ1v) is 21.4. The van der Waals surface area contributed by atoms with Gasteiger partial charge in [-0.2, -0.15) is 0 Å².